The number of nitrogens with zero attached hydrogens (tertiary/aromatic N) is 1. The zero-order valence-electron chi connectivity index (χ0n) is 10.5. The monoisotopic (exact) mass is 315 g/mol. The SMILES string of the molecule is CC1(C)CCN(c2cc(Cl)ccc2CBr)CC1. The van der Waals surface area contributed by atoms with Crippen LogP contribution in [0.3, 0.4) is 0 Å². The lowest BCUT2D eigenvalue weighted by atomic mass is 9.82. The molecule has 2 rings (SSSR count). The molecule has 1 fully saturated rings. The van der Waals surface area contributed by atoms with Crippen LogP contribution in [0.4, 0.5) is 5.69 Å². The van der Waals surface area contributed by atoms with Crippen molar-refractivity contribution in [1.82, 2.24) is 0 Å². The largest absolute Gasteiger partial charge is 0.371 e. The molecule has 0 N–H and O–H groups in total. The molecule has 1 aliphatic heterocycles. The van der Waals surface area contributed by atoms with E-state index in [2.05, 4.69) is 46.8 Å². The fraction of sp³-hybridized carbons (Fsp3) is 0.571. The van der Waals surface area contributed by atoms with Gasteiger partial charge < -0.3 is 4.90 Å². The summed E-state index contributed by atoms with van der Waals surface area (Å²) in [6.45, 7) is 6.97. The van der Waals surface area contributed by atoms with Crippen molar-refractivity contribution in [2.45, 2.75) is 32.0 Å². The average molecular weight is 317 g/mol. The Labute approximate surface area is 117 Å². The predicted molar refractivity (Wildman–Crippen MR) is 79.3 cm³/mol. The average Bonchev–Trinajstić information content (AvgIpc) is 2.29. The topological polar surface area (TPSA) is 3.24 Å². The van der Waals surface area contributed by atoms with E-state index in [0.717, 1.165) is 23.4 Å². The molecule has 0 saturated carbocycles. The molecule has 94 valence electrons. The number of rotatable bonds is 2. The van der Waals surface area contributed by atoms with E-state index < -0.39 is 0 Å². The molecule has 17 heavy (non-hydrogen) atoms. The van der Waals surface area contributed by atoms with Crippen LogP contribution in [0.15, 0.2) is 18.2 Å². The van der Waals surface area contributed by atoms with Gasteiger partial charge in [-0.05, 0) is 36.0 Å². The minimum atomic E-state index is 0.490. The van der Waals surface area contributed by atoms with Gasteiger partial charge in [-0.25, -0.2) is 0 Å². The smallest absolute Gasteiger partial charge is 0.0426 e. The van der Waals surface area contributed by atoms with Crippen molar-refractivity contribution in [3.63, 3.8) is 0 Å². The van der Waals surface area contributed by atoms with E-state index in [9.17, 15) is 0 Å². The molecule has 1 aromatic rings. The molecule has 0 amide bonds. The Morgan fingerprint density at radius 1 is 1.29 bits per heavy atom. The van der Waals surface area contributed by atoms with E-state index in [1.165, 1.54) is 24.1 Å². The molecule has 1 aromatic carbocycles. The number of benzene rings is 1. The Bertz CT molecular complexity index is 393. The fourth-order valence-corrected chi connectivity index (χ4v) is 2.94. The highest BCUT2D eigenvalue weighted by Crippen LogP contribution is 2.34. The number of piperidine rings is 1. The second-order valence-electron chi connectivity index (χ2n) is 5.56. The van der Waals surface area contributed by atoms with Crippen molar-refractivity contribution in [3.8, 4) is 0 Å². The highest BCUT2D eigenvalue weighted by Gasteiger charge is 2.26. The van der Waals surface area contributed by atoms with Crippen molar-refractivity contribution in [2.75, 3.05) is 18.0 Å². The third-order valence-corrected chi connectivity index (χ3v) is 4.49. The third-order valence-electron chi connectivity index (χ3n) is 3.65. The Balaban J connectivity index is 2.20. The quantitative estimate of drug-likeness (QED) is 0.704. The molecule has 0 atom stereocenters. The molecule has 0 spiro atoms. The van der Waals surface area contributed by atoms with Gasteiger partial charge in [-0.1, -0.05) is 47.4 Å². The molecule has 0 unspecified atom stereocenters. The first-order valence-corrected chi connectivity index (χ1v) is 7.61. The molecule has 0 bridgehead atoms. The van der Waals surface area contributed by atoms with Crippen LogP contribution in [0.1, 0.15) is 32.3 Å². The van der Waals surface area contributed by atoms with Crippen molar-refractivity contribution < 1.29 is 0 Å². The van der Waals surface area contributed by atoms with Crippen molar-refractivity contribution in [3.05, 3.63) is 28.8 Å². The first kappa shape index (κ1) is 13.2. The zero-order chi connectivity index (χ0) is 12.5. The van der Waals surface area contributed by atoms with Gasteiger partial charge in [-0.15, -0.1) is 0 Å². The van der Waals surface area contributed by atoms with Gasteiger partial charge >= 0.3 is 0 Å². The summed E-state index contributed by atoms with van der Waals surface area (Å²) in [5.74, 6) is 0. The fourth-order valence-electron chi connectivity index (χ4n) is 2.30. The molecule has 1 heterocycles. The molecule has 0 radical (unpaired) electrons. The van der Waals surface area contributed by atoms with E-state index in [0.29, 0.717) is 5.41 Å². The molecular weight excluding hydrogens is 298 g/mol. The second-order valence-corrected chi connectivity index (χ2v) is 6.56. The Morgan fingerprint density at radius 3 is 2.53 bits per heavy atom. The number of hydrogen-bond donors (Lipinski definition) is 0. The Hall–Kier alpha value is -0.210. The molecular formula is C14H19BrClN. The number of alkyl halides is 1. The van der Waals surface area contributed by atoms with E-state index in [4.69, 9.17) is 11.6 Å². The van der Waals surface area contributed by atoms with Crippen LogP contribution in [0.2, 0.25) is 5.02 Å². The summed E-state index contributed by atoms with van der Waals surface area (Å²) in [7, 11) is 0. The first-order valence-electron chi connectivity index (χ1n) is 6.11. The van der Waals surface area contributed by atoms with Crippen molar-refractivity contribution in [2.24, 2.45) is 5.41 Å². The van der Waals surface area contributed by atoms with Crippen molar-refractivity contribution >= 4 is 33.2 Å². The van der Waals surface area contributed by atoms with Gasteiger partial charge in [0.25, 0.3) is 0 Å². The summed E-state index contributed by atoms with van der Waals surface area (Å²) < 4.78 is 0. The molecule has 1 aliphatic rings. The minimum Gasteiger partial charge on any atom is -0.371 e. The standard InChI is InChI=1S/C14H19BrClN/c1-14(2)5-7-17(8-6-14)13-9-12(16)4-3-11(13)10-15/h3-4,9H,5-8,10H2,1-2H3. The summed E-state index contributed by atoms with van der Waals surface area (Å²) in [5, 5.41) is 1.72. The first-order chi connectivity index (χ1) is 8.02. The maximum absolute atomic E-state index is 6.11. The van der Waals surface area contributed by atoms with E-state index in [1.54, 1.807) is 0 Å². The Kier molecular flexibility index (Phi) is 4.04. The number of halogens is 2. The van der Waals surface area contributed by atoms with Crippen LogP contribution >= 0.6 is 27.5 Å². The van der Waals surface area contributed by atoms with Crippen LogP contribution in [-0.4, -0.2) is 13.1 Å². The lowest BCUT2D eigenvalue weighted by molar-refractivity contribution is 0.279. The van der Waals surface area contributed by atoms with Crippen LogP contribution in [0.25, 0.3) is 0 Å². The van der Waals surface area contributed by atoms with Crippen LogP contribution in [0, 0.1) is 5.41 Å². The normalized spacial score (nSPS) is 19.4. The van der Waals surface area contributed by atoms with Gasteiger partial charge in [-0.2, -0.15) is 0 Å². The summed E-state index contributed by atoms with van der Waals surface area (Å²) in [6.07, 6.45) is 2.50. The lowest BCUT2D eigenvalue weighted by Crippen LogP contribution is -2.37. The van der Waals surface area contributed by atoms with E-state index in [-0.39, 0.29) is 0 Å². The Morgan fingerprint density at radius 2 is 1.94 bits per heavy atom. The number of anilines is 1. The molecule has 0 aromatic heterocycles. The number of hydrogen-bond acceptors (Lipinski definition) is 1. The predicted octanol–water partition coefficient (Wildman–Crippen LogP) is 4.86. The van der Waals surface area contributed by atoms with Crippen molar-refractivity contribution in [1.29, 1.82) is 0 Å². The van der Waals surface area contributed by atoms with Crippen LogP contribution in [-0.2, 0) is 5.33 Å². The molecule has 0 aliphatic carbocycles. The van der Waals surface area contributed by atoms with Gasteiger partial charge in [0.2, 0.25) is 0 Å². The highest BCUT2D eigenvalue weighted by molar-refractivity contribution is 9.08. The summed E-state index contributed by atoms with van der Waals surface area (Å²) in [4.78, 5) is 2.47. The summed E-state index contributed by atoms with van der Waals surface area (Å²) in [6, 6.07) is 6.18. The van der Waals surface area contributed by atoms with Gasteiger partial charge in [0.05, 0.1) is 0 Å². The third kappa shape index (κ3) is 3.17. The van der Waals surface area contributed by atoms with Gasteiger partial charge in [0, 0.05) is 29.1 Å². The molecule has 3 heteroatoms. The summed E-state index contributed by atoms with van der Waals surface area (Å²) in [5.41, 5.74) is 3.11. The molecule has 1 nitrogen and oxygen atoms in total. The van der Waals surface area contributed by atoms with Crippen LogP contribution < -0.4 is 4.90 Å². The van der Waals surface area contributed by atoms with E-state index in [1.807, 2.05) is 6.07 Å². The van der Waals surface area contributed by atoms with Crippen LogP contribution in [0.5, 0.6) is 0 Å². The molecule has 1 saturated heterocycles. The maximum atomic E-state index is 6.11. The van der Waals surface area contributed by atoms with Gasteiger partial charge in [0.1, 0.15) is 0 Å². The summed E-state index contributed by atoms with van der Waals surface area (Å²) >= 11 is 9.66. The van der Waals surface area contributed by atoms with Gasteiger partial charge in [-0.3, -0.25) is 0 Å². The maximum Gasteiger partial charge on any atom is 0.0426 e. The lowest BCUT2D eigenvalue weighted by Gasteiger charge is -2.39. The highest BCUT2D eigenvalue weighted by atomic mass is 79.9. The van der Waals surface area contributed by atoms with Gasteiger partial charge in [0.15, 0.2) is 0 Å². The minimum absolute atomic E-state index is 0.490. The second kappa shape index (κ2) is 5.19. The zero-order valence-corrected chi connectivity index (χ0v) is 12.8. The van der Waals surface area contributed by atoms with E-state index >= 15 is 0 Å².